The van der Waals surface area contributed by atoms with E-state index in [1.54, 1.807) is 0 Å². The number of aryl methyl sites for hydroxylation is 2. The third-order valence-electron chi connectivity index (χ3n) is 5.25. The van der Waals surface area contributed by atoms with E-state index in [2.05, 4.69) is 5.32 Å². The largest absolute Gasteiger partial charge is 0.382 e. The number of amides is 2. The van der Waals surface area contributed by atoms with Crippen LogP contribution in [0.25, 0.3) is 5.57 Å². The lowest BCUT2D eigenvalue weighted by atomic mass is 10.0. The summed E-state index contributed by atoms with van der Waals surface area (Å²) in [5.74, 6) is -0.550. The molecule has 1 aliphatic heterocycles. The lowest BCUT2D eigenvalue weighted by molar-refractivity contribution is -0.137. The molecule has 2 aromatic rings. The van der Waals surface area contributed by atoms with Crippen molar-refractivity contribution >= 4 is 23.1 Å². The number of hydrogen-bond acceptors (Lipinski definition) is 4. The van der Waals surface area contributed by atoms with E-state index in [0.29, 0.717) is 37.4 Å². The van der Waals surface area contributed by atoms with Crippen molar-refractivity contribution in [2.45, 2.75) is 34.1 Å². The van der Waals surface area contributed by atoms with Crippen molar-refractivity contribution < 1.29 is 14.3 Å². The van der Waals surface area contributed by atoms with Gasteiger partial charge in [-0.3, -0.25) is 14.5 Å². The van der Waals surface area contributed by atoms with Crippen molar-refractivity contribution in [3.8, 4) is 0 Å². The number of nitrogens with zero attached hydrogens (tertiary/aromatic N) is 1. The van der Waals surface area contributed by atoms with Crippen LogP contribution in [0.15, 0.2) is 48.2 Å². The number of hydrogen-bond donors (Lipinski definition) is 1. The first-order valence-electron chi connectivity index (χ1n) is 10.0. The number of benzene rings is 2. The Kier molecular flexibility index (Phi) is 6.49. The smallest absolute Gasteiger partial charge is 0.278 e. The van der Waals surface area contributed by atoms with Crippen molar-refractivity contribution in [3.05, 3.63) is 70.4 Å². The van der Waals surface area contributed by atoms with Gasteiger partial charge in [-0.15, -0.1) is 0 Å². The molecule has 1 heterocycles. The topological polar surface area (TPSA) is 58.6 Å². The molecule has 0 saturated carbocycles. The Balaban J connectivity index is 1.97. The van der Waals surface area contributed by atoms with E-state index in [9.17, 15) is 9.59 Å². The molecule has 0 radical (unpaired) electrons. The van der Waals surface area contributed by atoms with Crippen molar-refractivity contribution in [3.63, 3.8) is 0 Å². The molecular formula is C24H28N2O3. The Morgan fingerprint density at radius 2 is 1.69 bits per heavy atom. The average molecular weight is 392 g/mol. The summed E-state index contributed by atoms with van der Waals surface area (Å²) >= 11 is 0. The fraction of sp³-hybridized carbons (Fsp3) is 0.333. The van der Waals surface area contributed by atoms with Crippen LogP contribution in [0.2, 0.25) is 0 Å². The Bertz CT molecular complexity index is 945. The Labute approximate surface area is 172 Å². The molecule has 0 saturated heterocycles. The van der Waals surface area contributed by atoms with Gasteiger partial charge in [-0.1, -0.05) is 42.0 Å². The van der Waals surface area contributed by atoms with Crippen LogP contribution in [-0.2, 0) is 14.3 Å². The van der Waals surface area contributed by atoms with E-state index in [-0.39, 0.29) is 11.8 Å². The molecule has 0 unspecified atom stereocenters. The van der Waals surface area contributed by atoms with Gasteiger partial charge >= 0.3 is 0 Å². The lowest BCUT2D eigenvalue weighted by Crippen LogP contribution is -2.34. The fourth-order valence-electron chi connectivity index (χ4n) is 3.37. The molecule has 2 amide bonds. The number of anilines is 1. The van der Waals surface area contributed by atoms with Crippen LogP contribution in [0, 0.1) is 20.8 Å². The van der Waals surface area contributed by atoms with Crippen molar-refractivity contribution in [1.82, 2.24) is 4.90 Å². The number of carbonyl (C=O) groups excluding carboxylic acids is 2. The normalized spacial score (nSPS) is 14.1. The van der Waals surface area contributed by atoms with Crippen molar-refractivity contribution in [2.24, 2.45) is 0 Å². The van der Waals surface area contributed by atoms with Gasteiger partial charge in [0.2, 0.25) is 0 Å². The first-order chi connectivity index (χ1) is 13.9. The van der Waals surface area contributed by atoms with Gasteiger partial charge in [-0.25, -0.2) is 0 Å². The Morgan fingerprint density at radius 1 is 0.966 bits per heavy atom. The highest BCUT2D eigenvalue weighted by Crippen LogP contribution is 2.32. The number of imide groups is 1. The van der Waals surface area contributed by atoms with Gasteiger partial charge < -0.3 is 10.1 Å². The Hall–Kier alpha value is -2.92. The van der Waals surface area contributed by atoms with Crippen LogP contribution in [0.4, 0.5) is 5.69 Å². The van der Waals surface area contributed by atoms with E-state index in [0.717, 1.165) is 27.9 Å². The second-order valence-electron chi connectivity index (χ2n) is 7.30. The highest BCUT2D eigenvalue weighted by molar-refractivity contribution is 6.36. The van der Waals surface area contributed by atoms with Gasteiger partial charge in [-0.05, 0) is 56.9 Å². The minimum absolute atomic E-state index is 0.261. The number of carbonyl (C=O) groups is 2. The van der Waals surface area contributed by atoms with E-state index in [1.165, 1.54) is 4.90 Å². The molecule has 2 aromatic carbocycles. The summed E-state index contributed by atoms with van der Waals surface area (Å²) in [6.45, 7) is 9.43. The van der Waals surface area contributed by atoms with E-state index < -0.39 is 0 Å². The molecule has 5 nitrogen and oxygen atoms in total. The molecule has 0 spiro atoms. The molecular weight excluding hydrogens is 364 g/mol. The first-order valence-corrected chi connectivity index (χ1v) is 10.0. The molecule has 0 fully saturated rings. The Morgan fingerprint density at radius 3 is 2.38 bits per heavy atom. The number of nitrogens with one attached hydrogen (secondary N) is 1. The molecule has 1 aliphatic rings. The minimum Gasteiger partial charge on any atom is -0.382 e. The average Bonchev–Trinajstić information content (AvgIpc) is 2.93. The predicted molar refractivity (Wildman–Crippen MR) is 115 cm³/mol. The molecule has 152 valence electrons. The van der Waals surface area contributed by atoms with E-state index >= 15 is 0 Å². The third-order valence-corrected chi connectivity index (χ3v) is 5.25. The second kappa shape index (κ2) is 9.05. The summed E-state index contributed by atoms with van der Waals surface area (Å²) in [5.41, 5.74) is 5.62. The summed E-state index contributed by atoms with van der Waals surface area (Å²) < 4.78 is 5.36. The fourth-order valence-corrected chi connectivity index (χ4v) is 3.37. The summed E-state index contributed by atoms with van der Waals surface area (Å²) in [6.07, 6.45) is 0.614. The van der Waals surface area contributed by atoms with Crippen LogP contribution in [0.3, 0.4) is 0 Å². The number of rotatable bonds is 8. The molecule has 1 N–H and O–H groups in total. The SMILES string of the molecule is CCOCCCN1C(=O)C(Nc2cccc(C)c2C)=C(c2ccc(C)cc2)C1=O. The quantitative estimate of drug-likeness (QED) is 0.539. The zero-order valence-electron chi connectivity index (χ0n) is 17.5. The maximum absolute atomic E-state index is 13.2. The molecule has 29 heavy (non-hydrogen) atoms. The van der Waals surface area contributed by atoms with Crippen LogP contribution in [0.5, 0.6) is 0 Å². The van der Waals surface area contributed by atoms with E-state index in [4.69, 9.17) is 4.74 Å². The zero-order valence-corrected chi connectivity index (χ0v) is 17.5. The van der Waals surface area contributed by atoms with Crippen molar-refractivity contribution in [1.29, 1.82) is 0 Å². The molecule has 0 aromatic heterocycles. The van der Waals surface area contributed by atoms with Gasteiger partial charge in [0.15, 0.2) is 0 Å². The minimum atomic E-state index is -0.289. The highest BCUT2D eigenvalue weighted by atomic mass is 16.5. The first kappa shape index (κ1) is 20.8. The standard InChI is InChI=1S/C24H28N2O3/c1-5-29-15-7-14-26-23(27)21(19-12-10-16(2)11-13-19)22(24(26)28)25-20-9-6-8-17(3)18(20)4/h6,8-13,25H,5,7,14-15H2,1-4H3. The van der Waals surface area contributed by atoms with Gasteiger partial charge in [-0.2, -0.15) is 0 Å². The van der Waals surface area contributed by atoms with Crippen LogP contribution in [0.1, 0.15) is 35.6 Å². The molecule has 5 heteroatoms. The van der Waals surface area contributed by atoms with Crippen LogP contribution < -0.4 is 5.32 Å². The maximum Gasteiger partial charge on any atom is 0.278 e. The monoisotopic (exact) mass is 392 g/mol. The maximum atomic E-state index is 13.2. The molecule has 3 rings (SSSR count). The van der Waals surface area contributed by atoms with E-state index in [1.807, 2.05) is 70.2 Å². The van der Waals surface area contributed by atoms with Gasteiger partial charge in [0.1, 0.15) is 5.70 Å². The second-order valence-corrected chi connectivity index (χ2v) is 7.30. The molecule has 0 bridgehead atoms. The molecule has 0 aliphatic carbocycles. The van der Waals surface area contributed by atoms with Gasteiger partial charge in [0.25, 0.3) is 11.8 Å². The third kappa shape index (κ3) is 4.40. The zero-order chi connectivity index (χ0) is 21.0. The van der Waals surface area contributed by atoms with Crippen LogP contribution in [-0.4, -0.2) is 36.5 Å². The number of ether oxygens (including phenoxy) is 1. The molecule has 0 atom stereocenters. The van der Waals surface area contributed by atoms with Crippen LogP contribution >= 0.6 is 0 Å². The summed E-state index contributed by atoms with van der Waals surface area (Å²) in [7, 11) is 0. The van der Waals surface area contributed by atoms with Crippen molar-refractivity contribution in [2.75, 3.05) is 25.1 Å². The highest BCUT2D eigenvalue weighted by Gasteiger charge is 2.39. The lowest BCUT2D eigenvalue weighted by Gasteiger charge is -2.16. The van der Waals surface area contributed by atoms with Gasteiger partial charge in [0, 0.05) is 25.4 Å². The summed E-state index contributed by atoms with van der Waals surface area (Å²) in [4.78, 5) is 27.7. The van der Waals surface area contributed by atoms with Gasteiger partial charge in [0.05, 0.1) is 5.57 Å². The predicted octanol–water partition coefficient (Wildman–Crippen LogP) is 4.23. The summed E-state index contributed by atoms with van der Waals surface area (Å²) in [5, 5.41) is 3.26. The summed E-state index contributed by atoms with van der Waals surface area (Å²) in [6, 6.07) is 13.6.